The molecule has 0 spiro atoms. The first-order chi connectivity index (χ1) is 18.6. The summed E-state index contributed by atoms with van der Waals surface area (Å²) >= 11 is 0. The van der Waals surface area contributed by atoms with Crippen LogP contribution in [-0.2, 0) is 32.6 Å². The molecule has 1 aliphatic heterocycles. The van der Waals surface area contributed by atoms with Gasteiger partial charge in [0.05, 0.1) is 11.3 Å². The molecule has 1 saturated carbocycles. The van der Waals surface area contributed by atoms with Crippen molar-refractivity contribution in [3.05, 3.63) is 65.2 Å². The summed E-state index contributed by atoms with van der Waals surface area (Å²) in [7, 11) is -3.69. The summed E-state index contributed by atoms with van der Waals surface area (Å²) in [6.45, 7) is 1.64. The Morgan fingerprint density at radius 3 is 2.51 bits per heavy atom. The molecule has 0 radical (unpaired) electrons. The van der Waals surface area contributed by atoms with Crippen molar-refractivity contribution in [2.45, 2.75) is 70.1 Å². The fourth-order valence-electron chi connectivity index (χ4n) is 5.74. The molecule has 210 valence electrons. The van der Waals surface area contributed by atoms with Crippen LogP contribution in [-0.4, -0.2) is 60.0 Å². The Bertz CT molecular complexity index is 1320. The number of amides is 2. The fourth-order valence-corrected chi connectivity index (χ4v) is 6.53. The van der Waals surface area contributed by atoms with E-state index in [1.165, 1.54) is 19.1 Å². The molecule has 0 aromatic heterocycles. The monoisotopic (exact) mass is 555 g/mol. The van der Waals surface area contributed by atoms with Crippen LogP contribution in [0, 0.1) is 11.3 Å². The minimum Gasteiger partial charge on any atom is -0.507 e. The van der Waals surface area contributed by atoms with Gasteiger partial charge in [0.1, 0.15) is 23.7 Å². The van der Waals surface area contributed by atoms with Crippen molar-refractivity contribution < 1.29 is 23.1 Å². The van der Waals surface area contributed by atoms with Gasteiger partial charge in [0, 0.05) is 12.6 Å². The molecule has 2 aliphatic rings. The van der Waals surface area contributed by atoms with Gasteiger partial charge in [-0.15, -0.1) is 0 Å². The van der Waals surface area contributed by atoms with Gasteiger partial charge in [0.15, 0.2) is 0 Å². The third-order valence-corrected chi connectivity index (χ3v) is 9.15. The first-order valence-electron chi connectivity index (χ1n) is 13.4. The van der Waals surface area contributed by atoms with Crippen LogP contribution in [0.4, 0.5) is 0 Å². The number of phenolic OH excluding ortho intramolecular Hbond substituents is 1. The van der Waals surface area contributed by atoms with Gasteiger partial charge in [0.25, 0.3) is 0 Å². The molecule has 6 N–H and O–H groups in total. The summed E-state index contributed by atoms with van der Waals surface area (Å²) < 4.78 is 27.7. The number of benzene rings is 2. The molecular weight excluding hydrogens is 518 g/mol. The van der Waals surface area contributed by atoms with Gasteiger partial charge in [-0.1, -0.05) is 49.2 Å². The van der Waals surface area contributed by atoms with Crippen LogP contribution in [0.25, 0.3) is 0 Å². The molecule has 2 amide bonds. The molecule has 2 fully saturated rings. The highest BCUT2D eigenvalue weighted by molar-refractivity contribution is 7.89. The summed E-state index contributed by atoms with van der Waals surface area (Å²) in [5, 5.41) is 20.6. The Balaban J connectivity index is 1.57. The molecule has 1 saturated heterocycles. The Hall–Kier alpha value is -3.44. The van der Waals surface area contributed by atoms with E-state index in [0.717, 1.165) is 31.2 Å². The van der Waals surface area contributed by atoms with Crippen LogP contribution in [0.2, 0.25) is 0 Å². The lowest BCUT2D eigenvalue weighted by molar-refractivity contribution is -0.142. The summed E-state index contributed by atoms with van der Waals surface area (Å²) in [6, 6.07) is 12.0. The minimum absolute atomic E-state index is 0.119. The van der Waals surface area contributed by atoms with Crippen LogP contribution < -0.4 is 15.8 Å². The summed E-state index contributed by atoms with van der Waals surface area (Å²) in [5.41, 5.74) is 7.12. The molecule has 1 aliphatic carbocycles. The van der Waals surface area contributed by atoms with E-state index in [-0.39, 0.29) is 59.6 Å². The summed E-state index contributed by atoms with van der Waals surface area (Å²) in [4.78, 5) is 29.2. The highest BCUT2D eigenvalue weighted by Gasteiger charge is 2.49. The average Bonchev–Trinajstić information content (AvgIpc) is 3.31. The fraction of sp³-hybridized carbons (Fsp3) is 0.464. The Kier molecular flexibility index (Phi) is 8.91. The second-order valence-electron chi connectivity index (χ2n) is 10.4. The molecule has 4 rings (SSSR count). The number of nitrogens with two attached hydrogens (primary N) is 1. The SMILES string of the molecule is CCS(=O)(=O)N[C@H](Cc1ccccc1)C(=O)N1C2CCCCC2C[C@H]1C(=O)NCc1ccc(C(=N)N)c(O)c1. The van der Waals surface area contributed by atoms with Crippen molar-refractivity contribution in [1.29, 1.82) is 5.41 Å². The summed E-state index contributed by atoms with van der Waals surface area (Å²) in [5.74, 6) is -1.08. The molecule has 2 aromatic rings. The van der Waals surface area contributed by atoms with E-state index < -0.39 is 22.1 Å². The third-order valence-electron chi connectivity index (χ3n) is 7.75. The molecule has 4 atom stereocenters. The van der Waals surface area contributed by atoms with E-state index in [2.05, 4.69) is 10.0 Å². The maximum Gasteiger partial charge on any atom is 0.243 e. The molecular formula is C28H37N5O5S. The number of sulfonamides is 1. The Morgan fingerprint density at radius 1 is 1.13 bits per heavy atom. The standard InChI is InChI=1S/C28H37N5O5S/c1-2-39(37,38)32-22(14-18-8-4-3-5-9-18)28(36)33-23-11-7-6-10-20(23)16-24(33)27(35)31-17-19-12-13-21(26(29)30)25(34)15-19/h3-5,8-9,12-13,15,20,22-24,32,34H,2,6-7,10-11,14,16-17H2,1H3,(H3,29,30)(H,31,35)/t20?,22-,23?,24+/m1/s1. The predicted octanol–water partition coefficient (Wildman–Crippen LogP) is 2.00. The average molecular weight is 556 g/mol. The molecule has 1 heterocycles. The highest BCUT2D eigenvalue weighted by Crippen LogP contribution is 2.40. The number of fused-ring (bicyclic) bond motifs is 1. The minimum atomic E-state index is -3.69. The van der Waals surface area contributed by atoms with E-state index in [1.807, 2.05) is 30.3 Å². The van der Waals surface area contributed by atoms with Crippen molar-refractivity contribution in [3.63, 3.8) is 0 Å². The maximum absolute atomic E-state index is 14.1. The molecule has 2 aromatic carbocycles. The number of carbonyl (C=O) groups excluding carboxylic acids is 2. The Morgan fingerprint density at radius 2 is 1.85 bits per heavy atom. The van der Waals surface area contributed by atoms with Gasteiger partial charge >= 0.3 is 0 Å². The van der Waals surface area contributed by atoms with Gasteiger partial charge < -0.3 is 21.1 Å². The zero-order chi connectivity index (χ0) is 28.2. The van der Waals surface area contributed by atoms with Crippen molar-refractivity contribution in [3.8, 4) is 5.75 Å². The normalized spacial score (nSPS) is 21.7. The van der Waals surface area contributed by atoms with Crippen molar-refractivity contribution >= 4 is 27.7 Å². The zero-order valence-corrected chi connectivity index (χ0v) is 22.9. The Labute approximate surface area is 229 Å². The van der Waals surface area contributed by atoms with E-state index >= 15 is 0 Å². The van der Waals surface area contributed by atoms with Gasteiger partial charge in [-0.05, 0) is 61.8 Å². The predicted molar refractivity (Wildman–Crippen MR) is 148 cm³/mol. The largest absolute Gasteiger partial charge is 0.507 e. The first kappa shape index (κ1) is 28.6. The quantitative estimate of drug-likeness (QED) is 0.222. The van der Waals surface area contributed by atoms with Crippen molar-refractivity contribution in [1.82, 2.24) is 14.9 Å². The number of likely N-dealkylation sites (tertiary alicyclic amines) is 1. The number of nitrogens with one attached hydrogen (secondary N) is 3. The smallest absolute Gasteiger partial charge is 0.243 e. The molecule has 39 heavy (non-hydrogen) atoms. The number of hydrogen-bond acceptors (Lipinski definition) is 6. The first-order valence-corrected chi connectivity index (χ1v) is 15.0. The van der Waals surface area contributed by atoms with Gasteiger partial charge in [0.2, 0.25) is 21.8 Å². The third kappa shape index (κ3) is 6.77. The number of carbonyl (C=O) groups is 2. The number of nitrogens with zero attached hydrogens (tertiary/aromatic N) is 1. The van der Waals surface area contributed by atoms with E-state index in [9.17, 15) is 23.1 Å². The number of hydrogen-bond donors (Lipinski definition) is 5. The van der Waals surface area contributed by atoms with Gasteiger partial charge in [-0.25, -0.2) is 13.1 Å². The number of phenols is 1. The second-order valence-corrected chi connectivity index (χ2v) is 12.4. The lowest BCUT2D eigenvalue weighted by atomic mass is 9.84. The second kappa shape index (κ2) is 12.2. The van der Waals surface area contributed by atoms with E-state index in [4.69, 9.17) is 11.1 Å². The zero-order valence-electron chi connectivity index (χ0n) is 22.1. The molecule has 0 bridgehead atoms. The topological polar surface area (TPSA) is 166 Å². The lowest BCUT2D eigenvalue weighted by Crippen LogP contribution is -2.57. The highest BCUT2D eigenvalue weighted by atomic mass is 32.2. The molecule has 2 unspecified atom stereocenters. The van der Waals surface area contributed by atoms with Crippen molar-refractivity contribution in [2.75, 3.05) is 5.75 Å². The number of aromatic hydroxyl groups is 1. The number of rotatable bonds is 10. The van der Waals surface area contributed by atoms with Crippen LogP contribution in [0.5, 0.6) is 5.75 Å². The lowest BCUT2D eigenvalue weighted by Gasteiger charge is -2.36. The summed E-state index contributed by atoms with van der Waals surface area (Å²) in [6.07, 6.45) is 4.39. The van der Waals surface area contributed by atoms with Gasteiger partial charge in [-0.3, -0.25) is 15.0 Å². The molecule has 11 heteroatoms. The van der Waals surface area contributed by atoms with Crippen LogP contribution >= 0.6 is 0 Å². The van der Waals surface area contributed by atoms with Gasteiger partial charge in [-0.2, -0.15) is 0 Å². The molecule has 10 nitrogen and oxygen atoms in total. The van der Waals surface area contributed by atoms with Crippen LogP contribution in [0.1, 0.15) is 55.7 Å². The van der Waals surface area contributed by atoms with E-state index in [0.29, 0.717) is 12.0 Å². The van der Waals surface area contributed by atoms with Crippen LogP contribution in [0.3, 0.4) is 0 Å². The van der Waals surface area contributed by atoms with E-state index in [1.54, 1.807) is 11.0 Å². The number of amidine groups is 1. The van der Waals surface area contributed by atoms with Crippen LogP contribution in [0.15, 0.2) is 48.5 Å². The maximum atomic E-state index is 14.1. The van der Waals surface area contributed by atoms with Crippen molar-refractivity contribution in [2.24, 2.45) is 11.7 Å². The number of nitrogen functional groups attached to an aromatic ring is 1.